The lowest BCUT2D eigenvalue weighted by molar-refractivity contribution is -0.137. The predicted molar refractivity (Wildman–Crippen MR) is 71.4 cm³/mol. The maximum absolute atomic E-state index is 12.5. The highest BCUT2D eigenvalue weighted by Crippen LogP contribution is 2.29. The first kappa shape index (κ1) is 15.3. The molecule has 0 bridgehead atoms. The molecule has 2 unspecified atom stereocenters. The van der Waals surface area contributed by atoms with Gasteiger partial charge in [0, 0.05) is 19.1 Å². The van der Waals surface area contributed by atoms with E-state index in [9.17, 15) is 18.3 Å². The van der Waals surface area contributed by atoms with E-state index in [1.54, 1.807) is 12.1 Å². The SMILES string of the molecule is CC1CC(O)CCN1CCc1ccc(C(F)(F)F)cc1. The van der Waals surface area contributed by atoms with Crippen LogP contribution in [0.2, 0.25) is 0 Å². The smallest absolute Gasteiger partial charge is 0.393 e. The highest BCUT2D eigenvalue weighted by Gasteiger charge is 2.30. The molecule has 1 saturated heterocycles. The van der Waals surface area contributed by atoms with Crippen molar-refractivity contribution in [2.75, 3.05) is 13.1 Å². The molecule has 0 aliphatic carbocycles. The zero-order chi connectivity index (χ0) is 14.8. The normalized spacial score (nSPS) is 24.9. The van der Waals surface area contributed by atoms with E-state index in [4.69, 9.17) is 0 Å². The van der Waals surface area contributed by atoms with Gasteiger partial charge in [-0.05, 0) is 43.9 Å². The summed E-state index contributed by atoms with van der Waals surface area (Å²) in [4.78, 5) is 2.28. The fraction of sp³-hybridized carbons (Fsp3) is 0.600. The molecule has 1 aromatic rings. The lowest BCUT2D eigenvalue weighted by Gasteiger charge is -2.35. The number of likely N-dealkylation sites (tertiary alicyclic amines) is 1. The van der Waals surface area contributed by atoms with Gasteiger partial charge in [-0.25, -0.2) is 0 Å². The van der Waals surface area contributed by atoms with Crippen LogP contribution in [-0.4, -0.2) is 35.2 Å². The summed E-state index contributed by atoms with van der Waals surface area (Å²) in [7, 11) is 0. The Balaban J connectivity index is 1.88. The van der Waals surface area contributed by atoms with Crippen molar-refractivity contribution in [2.45, 2.75) is 44.5 Å². The highest BCUT2D eigenvalue weighted by molar-refractivity contribution is 5.24. The Morgan fingerprint density at radius 2 is 1.90 bits per heavy atom. The summed E-state index contributed by atoms with van der Waals surface area (Å²) in [5, 5.41) is 9.56. The molecule has 0 saturated carbocycles. The Morgan fingerprint density at radius 3 is 2.45 bits per heavy atom. The molecule has 0 radical (unpaired) electrons. The maximum atomic E-state index is 12.5. The van der Waals surface area contributed by atoms with Crippen LogP contribution in [0.5, 0.6) is 0 Å². The topological polar surface area (TPSA) is 23.5 Å². The van der Waals surface area contributed by atoms with E-state index in [1.165, 1.54) is 0 Å². The predicted octanol–water partition coefficient (Wildman–Crippen LogP) is 3.09. The Hall–Kier alpha value is -1.07. The van der Waals surface area contributed by atoms with Gasteiger partial charge in [-0.1, -0.05) is 12.1 Å². The standard InChI is InChI=1S/C15H20F3NO/c1-11-10-14(20)7-9-19(11)8-6-12-2-4-13(5-3-12)15(16,17)18/h2-5,11,14,20H,6-10H2,1H3. The van der Waals surface area contributed by atoms with Gasteiger partial charge in [0.25, 0.3) is 0 Å². The number of piperidine rings is 1. The van der Waals surface area contributed by atoms with Crippen molar-refractivity contribution < 1.29 is 18.3 Å². The molecule has 1 aliphatic heterocycles. The Bertz CT molecular complexity index is 430. The first-order valence-electron chi connectivity index (χ1n) is 6.94. The lowest BCUT2D eigenvalue weighted by atomic mass is 10.00. The average Bonchev–Trinajstić information content (AvgIpc) is 2.37. The zero-order valence-corrected chi connectivity index (χ0v) is 11.5. The summed E-state index contributed by atoms with van der Waals surface area (Å²) in [6, 6.07) is 5.70. The van der Waals surface area contributed by atoms with Crippen molar-refractivity contribution in [1.82, 2.24) is 4.90 Å². The molecule has 0 amide bonds. The number of aliphatic hydroxyl groups is 1. The number of nitrogens with zero attached hydrogens (tertiary/aromatic N) is 1. The zero-order valence-electron chi connectivity index (χ0n) is 11.5. The highest BCUT2D eigenvalue weighted by atomic mass is 19.4. The summed E-state index contributed by atoms with van der Waals surface area (Å²) in [6.45, 7) is 3.75. The van der Waals surface area contributed by atoms with E-state index in [-0.39, 0.29) is 6.10 Å². The maximum Gasteiger partial charge on any atom is 0.416 e. The number of rotatable bonds is 3. The summed E-state index contributed by atoms with van der Waals surface area (Å²) in [5.74, 6) is 0. The van der Waals surface area contributed by atoms with Crippen LogP contribution in [0.1, 0.15) is 30.9 Å². The largest absolute Gasteiger partial charge is 0.416 e. The van der Waals surface area contributed by atoms with E-state index < -0.39 is 11.7 Å². The van der Waals surface area contributed by atoms with Gasteiger partial charge in [-0.3, -0.25) is 0 Å². The molecule has 1 fully saturated rings. The lowest BCUT2D eigenvalue weighted by Crippen LogP contribution is -2.43. The monoisotopic (exact) mass is 287 g/mol. The number of alkyl halides is 3. The third-order valence-electron chi connectivity index (χ3n) is 3.96. The van der Waals surface area contributed by atoms with Crippen LogP contribution in [0.15, 0.2) is 24.3 Å². The van der Waals surface area contributed by atoms with Crippen molar-refractivity contribution in [3.63, 3.8) is 0 Å². The summed E-state index contributed by atoms with van der Waals surface area (Å²) >= 11 is 0. The molecule has 0 spiro atoms. The Labute approximate surface area is 117 Å². The van der Waals surface area contributed by atoms with Crippen LogP contribution in [0, 0.1) is 0 Å². The number of benzene rings is 1. The number of hydrogen-bond donors (Lipinski definition) is 1. The van der Waals surface area contributed by atoms with E-state index >= 15 is 0 Å². The molecule has 1 aromatic carbocycles. The van der Waals surface area contributed by atoms with Crippen molar-refractivity contribution in [3.05, 3.63) is 35.4 Å². The van der Waals surface area contributed by atoms with Crippen molar-refractivity contribution in [2.24, 2.45) is 0 Å². The molecule has 0 aromatic heterocycles. The van der Waals surface area contributed by atoms with E-state index in [2.05, 4.69) is 11.8 Å². The van der Waals surface area contributed by atoms with Gasteiger partial charge in [0.2, 0.25) is 0 Å². The van der Waals surface area contributed by atoms with Crippen LogP contribution in [0.3, 0.4) is 0 Å². The second-order valence-electron chi connectivity index (χ2n) is 5.51. The molecule has 1 heterocycles. The van der Waals surface area contributed by atoms with Gasteiger partial charge in [0.1, 0.15) is 0 Å². The van der Waals surface area contributed by atoms with Crippen LogP contribution in [0.25, 0.3) is 0 Å². The molecule has 5 heteroatoms. The van der Waals surface area contributed by atoms with Crippen molar-refractivity contribution in [1.29, 1.82) is 0 Å². The van der Waals surface area contributed by atoms with Gasteiger partial charge in [-0.15, -0.1) is 0 Å². The fourth-order valence-corrected chi connectivity index (χ4v) is 2.66. The molecule has 2 atom stereocenters. The van der Waals surface area contributed by atoms with Crippen molar-refractivity contribution in [3.8, 4) is 0 Å². The first-order chi connectivity index (χ1) is 9.36. The average molecular weight is 287 g/mol. The minimum atomic E-state index is -4.27. The summed E-state index contributed by atoms with van der Waals surface area (Å²) < 4.78 is 37.4. The van der Waals surface area contributed by atoms with Crippen LogP contribution in [-0.2, 0) is 12.6 Å². The van der Waals surface area contributed by atoms with Gasteiger partial charge in [0.15, 0.2) is 0 Å². The summed E-state index contributed by atoms with van der Waals surface area (Å²) in [5.41, 5.74) is 0.312. The second-order valence-corrected chi connectivity index (χ2v) is 5.51. The van der Waals surface area contributed by atoms with Crippen molar-refractivity contribution >= 4 is 0 Å². The van der Waals surface area contributed by atoms with E-state index in [0.717, 1.165) is 50.0 Å². The van der Waals surface area contributed by atoms with Gasteiger partial charge in [0.05, 0.1) is 11.7 Å². The molecule has 2 rings (SSSR count). The molecular weight excluding hydrogens is 267 g/mol. The molecule has 20 heavy (non-hydrogen) atoms. The Kier molecular flexibility index (Phi) is 4.70. The van der Waals surface area contributed by atoms with E-state index in [0.29, 0.717) is 6.04 Å². The first-order valence-corrected chi connectivity index (χ1v) is 6.94. The van der Waals surface area contributed by atoms with Crippen LogP contribution >= 0.6 is 0 Å². The minimum absolute atomic E-state index is 0.215. The molecular formula is C15H20F3NO. The molecule has 1 aliphatic rings. The number of halogens is 3. The molecule has 112 valence electrons. The number of aliphatic hydroxyl groups excluding tert-OH is 1. The van der Waals surface area contributed by atoms with Crippen LogP contribution < -0.4 is 0 Å². The second kappa shape index (κ2) is 6.14. The third-order valence-corrected chi connectivity index (χ3v) is 3.96. The third kappa shape index (κ3) is 3.96. The molecule has 1 N–H and O–H groups in total. The quantitative estimate of drug-likeness (QED) is 0.923. The van der Waals surface area contributed by atoms with Gasteiger partial charge >= 0.3 is 6.18 Å². The van der Waals surface area contributed by atoms with Crippen LogP contribution in [0.4, 0.5) is 13.2 Å². The Morgan fingerprint density at radius 1 is 1.25 bits per heavy atom. The molecule has 2 nitrogen and oxygen atoms in total. The fourth-order valence-electron chi connectivity index (χ4n) is 2.66. The van der Waals surface area contributed by atoms with E-state index in [1.807, 2.05) is 0 Å². The number of hydrogen-bond acceptors (Lipinski definition) is 2. The minimum Gasteiger partial charge on any atom is -0.393 e. The van der Waals surface area contributed by atoms with Gasteiger partial charge in [-0.2, -0.15) is 13.2 Å². The summed E-state index contributed by atoms with van der Waals surface area (Å²) in [6.07, 6.45) is -2.20. The van der Waals surface area contributed by atoms with Gasteiger partial charge < -0.3 is 10.0 Å².